The molecule has 0 fully saturated rings. The second-order valence-electron chi connectivity index (χ2n) is 4.86. The van der Waals surface area contributed by atoms with Gasteiger partial charge in [0.1, 0.15) is 11.7 Å². The monoisotopic (exact) mass is 306 g/mol. The lowest BCUT2D eigenvalue weighted by Crippen LogP contribution is -2.16. The second kappa shape index (κ2) is 5.61. The average molecular weight is 306 g/mol. The summed E-state index contributed by atoms with van der Waals surface area (Å²) in [5.41, 5.74) is 12.5. The van der Waals surface area contributed by atoms with Gasteiger partial charge in [-0.05, 0) is 32.0 Å². The topological polar surface area (TPSA) is 114 Å². The summed E-state index contributed by atoms with van der Waals surface area (Å²) in [6.45, 7) is 3.26. The number of aliphatic imine (C=N–C) groups is 1. The van der Waals surface area contributed by atoms with Crippen molar-refractivity contribution in [1.29, 1.82) is 0 Å². The molecule has 0 aliphatic heterocycles. The van der Waals surface area contributed by atoms with Crippen LogP contribution in [0.25, 0.3) is 0 Å². The number of aromatic nitrogens is 1. The van der Waals surface area contributed by atoms with E-state index in [1.54, 1.807) is 44.3 Å². The van der Waals surface area contributed by atoms with Gasteiger partial charge in [-0.2, -0.15) is 0 Å². The number of nitrogens with two attached hydrogens (primary N) is 2. The van der Waals surface area contributed by atoms with Gasteiger partial charge in [-0.25, -0.2) is 13.4 Å². The molecule has 1 aromatic heterocycles. The molecular weight excluding hydrogens is 288 g/mol. The Labute approximate surface area is 123 Å². The van der Waals surface area contributed by atoms with Crippen molar-refractivity contribution >= 4 is 27.2 Å². The minimum Gasteiger partial charge on any atom is -0.385 e. The number of hydrogen-bond acceptors (Lipinski definition) is 4. The highest BCUT2D eigenvalue weighted by atomic mass is 32.2. The highest BCUT2D eigenvalue weighted by molar-refractivity contribution is 7.92. The van der Waals surface area contributed by atoms with Gasteiger partial charge < -0.3 is 16.5 Å². The predicted molar refractivity (Wildman–Crippen MR) is 84.4 cm³/mol. The zero-order valence-electron chi connectivity index (χ0n) is 11.9. The SMILES string of the molecule is CC(C)S(=O)(=O)c1ccccc1N=C(N)c1cc[nH]c1N. The first-order valence-electron chi connectivity index (χ1n) is 6.44. The lowest BCUT2D eigenvalue weighted by molar-refractivity contribution is 0.587. The molecule has 5 N–H and O–H groups in total. The third-order valence-electron chi connectivity index (χ3n) is 3.09. The summed E-state index contributed by atoms with van der Waals surface area (Å²) >= 11 is 0. The molecule has 0 amide bonds. The van der Waals surface area contributed by atoms with Crippen LogP contribution in [0.5, 0.6) is 0 Å². The number of rotatable bonds is 4. The molecule has 0 atom stereocenters. The maximum Gasteiger partial charge on any atom is 0.182 e. The van der Waals surface area contributed by atoms with Gasteiger partial charge in [0.05, 0.1) is 21.4 Å². The van der Waals surface area contributed by atoms with E-state index in [0.29, 0.717) is 17.1 Å². The standard InChI is InChI=1S/C14H18N4O2S/c1-9(2)21(19,20)12-6-4-3-5-11(12)18-14(16)10-7-8-17-13(10)15/h3-9,17H,15H2,1-2H3,(H2,16,18). The van der Waals surface area contributed by atoms with Gasteiger partial charge in [0.25, 0.3) is 0 Å². The third-order valence-corrected chi connectivity index (χ3v) is 5.29. The van der Waals surface area contributed by atoms with Crippen LogP contribution in [0.2, 0.25) is 0 Å². The van der Waals surface area contributed by atoms with E-state index >= 15 is 0 Å². The van der Waals surface area contributed by atoms with E-state index in [1.165, 1.54) is 6.07 Å². The quantitative estimate of drug-likeness (QED) is 0.590. The molecule has 0 spiro atoms. The number of hydrogen-bond donors (Lipinski definition) is 3. The molecule has 1 heterocycles. The Balaban J connectivity index is 2.55. The summed E-state index contributed by atoms with van der Waals surface area (Å²) in [4.78, 5) is 7.19. The first kappa shape index (κ1) is 15.1. The van der Waals surface area contributed by atoms with E-state index in [1.807, 2.05) is 0 Å². The Hall–Kier alpha value is -2.28. The minimum atomic E-state index is -3.43. The lowest BCUT2D eigenvalue weighted by atomic mass is 10.3. The maximum atomic E-state index is 12.3. The highest BCUT2D eigenvalue weighted by Crippen LogP contribution is 2.27. The first-order valence-corrected chi connectivity index (χ1v) is 7.99. The lowest BCUT2D eigenvalue weighted by Gasteiger charge is -2.10. The Bertz CT molecular complexity index is 776. The number of aromatic amines is 1. The van der Waals surface area contributed by atoms with Crippen LogP contribution in [0.4, 0.5) is 11.5 Å². The second-order valence-corrected chi connectivity index (χ2v) is 7.34. The fraction of sp³-hybridized carbons (Fsp3) is 0.214. The largest absolute Gasteiger partial charge is 0.385 e. The first-order chi connectivity index (χ1) is 9.84. The van der Waals surface area contributed by atoms with Crippen molar-refractivity contribution < 1.29 is 8.42 Å². The van der Waals surface area contributed by atoms with Gasteiger partial charge >= 0.3 is 0 Å². The number of nitrogens with one attached hydrogen (secondary N) is 1. The summed E-state index contributed by atoms with van der Waals surface area (Å²) in [6.07, 6.45) is 1.64. The van der Waals surface area contributed by atoms with Crippen molar-refractivity contribution in [1.82, 2.24) is 4.98 Å². The summed E-state index contributed by atoms with van der Waals surface area (Å²) in [5, 5.41) is -0.535. The van der Waals surface area contributed by atoms with Crippen LogP contribution in [0.15, 0.2) is 46.4 Å². The smallest absolute Gasteiger partial charge is 0.182 e. The number of nitrogens with zero attached hydrogens (tertiary/aromatic N) is 1. The maximum absolute atomic E-state index is 12.3. The molecule has 0 radical (unpaired) electrons. The molecule has 112 valence electrons. The Morgan fingerprint density at radius 1 is 1.24 bits per heavy atom. The Morgan fingerprint density at radius 3 is 2.48 bits per heavy atom. The van der Waals surface area contributed by atoms with Crippen LogP contribution in [0.3, 0.4) is 0 Å². The van der Waals surface area contributed by atoms with Gasteiger partial charge in [0.2, 0.25) is 0 Å². The predicted octanol–water partition coefficient (Wildman–Crippen LogP) is 1.82. The van der Waals surface area contributed by atoms with E-state index in [0.717, 1.165) is 0 Å². The molecule has 21 heavy (non-hydrogen) atoms. The Morgan fingerprint density at radius 2 is 1.90 bits per heavy atom. The molecular formula is C14H18N4O2S. The van der Waals surface area contributed by atoms with E-state index in [4.69, 9.17) is 11.5 Å². The minimum absolute atomic E-state index is 0.164. The van der Waals surface area contributed by atoms with Crippen molar-refractivity contribution in [3.05, 3.63) is 42.1 Å². The molecule has 6 nitrogen and oxygen atoms in total. The molecule has 7 heteroatoms. The summed E-state index contributed by atoms with van der Waals surface area (Å²) in [6, 6.07) is 8.21. The summed E-state index contributed by atoms with van der Waals surface area (Å²) in [5.74, 6) is 0.556. The number of nitrogen functional groups attached to an aromatic ring is 1. The van der Waals surface area contributed by atoms with Gasteiger partial charge in [-0.15, -0.1) is 0 Å². The van der Waals surface area contributed by atoms with Crippen molar-refractivity contribution in [2.45, 2.75) is 24.0 Å². The zero-order valence-corrected chi connectivity index (χ0v) is 12.7. The van der Waals surface area contributed by atoms with Crippen molar-refractivity contribution in [2.24, 2.45) is 10.7 Å². The number of H-pyrrole nitrogens is 1. The number of amidine groups is 1. The molecule has 0 aliphatic carbocycles. The van der Waals surface area contributed by atoms with Crippen LogP contribution in [0, 0.1) is 0 Å². The van der Waals surface area contributed by atoms with Gasteiger partial charge in [0, 0.05) is 6.20 Å². The van der Waals surface area contributed by atoms with E-state index in [-0.39, 0.29) is 10.7 Å². The average Bonchev–Trinajstić information content (AvgIpc) is 2.85. The van der Waals surface area contributed by atoms with Crippen LogP contribution < -0.4 is 11.5 Å². The van der Waals surface area contributed by atoms with Crippen LogP contribution >= 0.6 is 0 Å². The summed E-state index contributed by atoms with van der Waals surface area (Å²) in [7, 11) is -3.43. The molecule has 0 saturated carbocycles. The normalized spacial score (nSPS) is 12.8. The van der Waals surface area contributed by atoms with E-state index in [9.17, 15) is 8.42 Å². The number of anilines is 1. The van der Waals surface area contributed by atoms with Gasteiger partial charge in [-0.3, -0.25) is 0 Å². The molecule has 2 aromatic rings. The molecule has 0 saturated heterocycles. The van der Waals surface area contributed by atoms with Crippen LogP contribution in [-0.2, 0) is 9.84 Å². The number of para-hydroxylation sites is 1. The van der Waals surface area contributed by atoms with Crippen molar-refractivity contribution in [2.75, 3.05) is 5.73 Å². The van der Waals surface area contributed by atoms with Crippen molar-refractivity contribution in [3.8, 4) is 0 Å². The van der Waals surface area contributed by atoms with Gasteiger partial charge in [0.15, 0.2) is 9.84 Å². The summed E-state index contributed by atoms with van der Waals surface area (Å²) < 4.78 is 24.7. The highest BCUT2D eigenvalue weighted by Gasteiger charge is 2.22. The van der Waals surface area contributed by atoms with Crippen LogP contribution in [0.1, 0.15) is 19.4 Å². The molecule has 0 aliphatic rings. The van der Waals surface area contributed by atoms with Crippen molar-refractivity contribution in [3.63, 3.8) is 0 Å². The fourth-order valence-electron chi connectivity index (χ4n) is 1.84. The molecule has 2 rings (SSSR count). The number of benzene rings is 1. The molecule has 1 aromatic carbocycles. The van der Waals surface area contributed by atoms with E-state index in [2.05, 4.69) is 9.98 Å². The fourth-order valence-corrected chi connectivity index (χ4v) is 3.02. The Kier molecular flexibility index (Phi) is 4.04. The van der Waals surface area contributed by atoms with Gasteiger partial charge in [-0.1, -0.05) is 12.1 Å². The van der Waals surface area contributed by atoms with Crippen LogP contribution in [-0.4, -0.2) is 24.5 Å². The molecule has 0 unspecified atom stereocenters. The third kappa shape index (κ3) is 2.92. The zero-order chi connectivity index (χ0) is 15.6. The van der Waals surface area contributed by atoms with E-state index < -0.39 is 15.1 Å². The molecule has 0 bridgehead atoms. The number of sulfone groups is 1.